The zero-order chi connectivity index (χ0) is 14.5. The summed E-state index contributed by atoms with van der Waals surface area (Å²) in [6, 6.07) is 3.55. The number of halogens is 2. The number of carbonyl (C=O) groups excluding carboxylic acids is 1. The third-order valence-electron chi connectivity index (χ3n) is 2.53. The van der Waals surface area contributed by atoms with Crippen LogP contribution in [0.4, 0.5) is 8.78 Å². The van der Waals surface area contributed by atoms with Crippen LogP contribution in [0.1, 0.15) is 5.82 Å². The summed E-state index contributed by atoms with van der Waals surface area (Å²) in [5.74, 6) is -1.24. The zero-order valence-corrected chi connectivity index (χ0v) is 11.5. The number of aromatic amines is 1. The first-order valence-electron chi connectivity index (χ1n) is 5.72. The summed E-state index contributed by atoms with van der Waals surface area (Å²) < 4.78 is 25.8. The highest BCUT2D eigenvalue weighted by molar-refractivity contribution is 8.00. The molecule has 0 aliphatic heterocycles. The van der Waals surface area contributed by atoms with Crippen LogP contribution in [0.5, 0.6) is 0 Å². The molecule has 1 heterocycles. The molecule has 0 radical (unpaired) electrons. The quantitative estimate of drug-likeness (QED) is 0.856. The first-order valence-corrected chi connectivity index (χ1v) is 6.71. The van der Waals surface area contributed by atoms with Crippen LogP contribution in [-0.4, -0.2) is 38.8 Å². The Hall–Kier alpha value is -1.96. The lowest BCUT2D eigenvalue weighted by atomic mass is 10.3. The second kappa shape index (κ2) is 6.47. The minimum Gasteiger partial charge on any atom is -0.338 e. The maximum atomic E-state index is 13.0. The Kier molecular flexibility index (Phi) is 4.67. The molecule has 5 nitrogen and oxygen atoms in total. The van der Waals surface area contributed by atoms with Crippen molar-refractivity contribution >= 4 is 17.7 Å². The van der Waals surface area contributed by atoms with Gasteiger partial charge in [0.15, 0.2) is 11.6 Å². The minimum absolute atomic E-state index is 0.135. The SMILES string of the molecule is CN(Cc1ncn[nH]1)C(=O)CSc1ccc(F)c(F)c1. The van der Waals surface area contributed by atoms with Crippen LogP contribution in [0.2, 0.25) is 0 Å². The monoisotopic (exact) mass is 298 g/mol. The fraction of sp³-hybridized carbons (Fsp3) is 0.250. The van der Waals surface area contributed by atoms with E-state index in [4.69, 9.17) is 0 Å². The summed E-state index contributed by atoms with van der Waals surface area (Å²) in [7, 11) is 1.64. The van der Waals surface area contributed by atoms with E-state index in [0.29, 0.717) is 17.3 Å². The first-order chi connectivity index (χ1) is 9.56. The molecule has 1 amide bonds. The van der Waals surface area contributed by atoms with E-state index in [1.54, 1.807) is 7.05 Å². The molecule has 0 aliphatic rings. The predicted octanol–water partition coefficient (Wildman–Crippen LogP) is 1.83. The van der Waals surface area contributed by atoms with E-state index in [0.717, 1.165) is 23.9 Å². The number of hydrogen-bond acceptors (Lipinski definition) is 4. The lowest BCUT2D eigenvalue weighted by molar-refractivity contribution is -0.127. The van der Waals surface area contributed by atoms with E-state index in [2.05, 4.69) is 15.2 Å². The highest BCUT2D eigenvalue weighted by Crippen LogP contribution is 2.20. The van der Waals surface area contributed by atoms with Crippen LogP contribution in [0.15, 0.2) is 29.4 Å². The van der Waals surface area contributed by atoms with Crippen LogP contribution in [-0.2, 0) is 11.3 Å². The van der Waals surface area contributed by atoms with Gasteiger partial charge in [-0.3, -0.25) is 9.89 Å². The molecule has 0 unspecified atom stereocenters. The van der Waals surface area contributed by atoms with Gasteiger partial charge in [-0.15, -0.1) is 11.8 Å². The van der Waals surface area contributed by atoms with Crippen LogP contribution >= 0.6 is 11.8 Å². The molecule has 8 heteroatoms. The van der Waals surface area contributed by atoms with Crippen LogP contribution in [0.25, 0.3) is 0 Å². The average Bonchev–Trinajstić information content (AvgIpc) is 2.92. The second-order valence-corrected chi connectivity index (χ2v) is 5.10. The highest BCUT2D eigenvalue weighted by atomic mass is 32.2. The Balaban J connectivity index is 1.86. The topological polar surface area (TPSA) is 61.9 Å². The summed E-state index contributed by atoms with van der Waals surface area (Å²) in [5.41, 5.74) is 0. The van der Waals surface area contributed by atoms with E-state index >= 15 is 0 Å². The van der Waals surface area contributed by atoms with Gasteiger partial charge < -0.3 is 4.90 Å². The second-order valence-electron chi connectivity index (χ2n) is 4.05. The number of nitrogens with one attached hydrogen (secondary N) is 1. The maximum absolute atomic E-state index is 13.0. The number of H-pyrrole nitrogens is 1. The molecule has 1 aromatic carbocycles. The van der Waals surface area contributed by atoms with Gasteiger partial charge in [0, 0.05) is 11.9 Å². The van der Waals surface area contributed by atoms with Crippen molar-refractivity contribution < 1.29 is 13.6 Å². The van der Waals surface area contributed by atoms with E-state index in [1.165, 1.54) is 17.3 Å². The number of benzene rings is 1. The summed E-state index contributed by atoms with van der Waals surface area (Å²) in [4.78, 5) is 17.8. The summed E-state index contributed by atoms with van der Waals surface area (Å²) in [5, 5.41) is 6.35. The molecule has 106 valence electrons. The Morgan fingerprint density at radius 1 is 1.40 bits per heavy atom. The lowest BCUT2D eigenvalue weighted by Gasteiger charge is -2.15. The van der Waals surface area contributed by atoms with Gasteiger partial charge in [0.1, 0.15) is 12.2 Å². The summed E-state index contributed by atoms with van der Waals surface area (Å²) in [6.07, 6.45) is 1.36. The van der Waals surface area contributed by atoms with Crippen LogP contribution in [0, 0.1) is 11.6 Å². The Bertz CT molecular complexity index is 591. The van der Waals surface area contributed by atoms with Gasteiger partial charge >= 0.3 is 0 Å². The van der Waals surface area contributed by atoms with Crippen molar-refractivity contribution in [3.8, 4) is 0 Å². The molecule has 2 rings (SSSR count). The van der Waals surface area contributed by atoms with Crippen molar-refractivity contribution in [2.75, 3.05) is 12.8 Å². The van der Waals surface area contributed by atoms with E-state index in [-0.39, 0.29) is 11.7 Å². The molecule has 0 saturated heterocycles. The third-order valence-corrected chi connectivity index (χ3v) is 3.51. The number of aromatic nitrogens is 3. The van der Waals surface area contributed by atoms with Crippen molar-refractivity contribution in [3.63, 3.8) is 0 Å². The maximum Gasteiger partial charge on any atom is 0.233 e. The zero-order valence-electron chi connectivity index (χ0n) is 10.6. The number of nitrogens with zero attached hydrogens (tertiary/aromatic N) is 3. The molecule has 1 aromatic heterocycles. The largest absolute Gasteiger partial charge is 0.338 e. The Labute approximate surface area is 118 Å². The number of thioether (sulfide) groups is 1. The number of carbonyl (C=O) groups is 1. The third kappa shape index (κ3) is 3.77. The number of rotatable bonds is 5. The van der Waals surface area contributed by atoms with Gasteiger partial charge in [-0.25, -0.2) is 13.8 Å². The normalized spacial score (nSPS) is 10.6. The molecule has 1 N–H and O–H groups in total. The van der Waals surface area contributed by atoms with Crippen molar-refractivity contribution in [2.45, 2.75) is 11.4 Å². The summed E-state index contributed by atoms with van der Waals surface area (Å²) in [6.45, 7) is 0.317. The molecule has 0 fully saturated rings. The standard InChI is InChI=1S/C12H12F2N4OS/c1-18(5-11-15-7-16-17-11)12(19)6-20-8-2-3-9(13)10(14)4-8/h2-4,7H,5-6H2,1H3,(H,15,16,17). The fourth-order valence-electron chi connectivity index (χ4n) is 1.44. The van der Waals surface area contributed by atoms with E-state index in [9.17, 15) is 13.6 Å². The summed E-state index contributed by atoms with van der Waals surface area (Å²) >= 11 is 1.15. The number of amides is 1. The van der Waals surface area contributed by atoms with E-state index in [1.807, 2.05) is 0 Å². The highest BCUT2D eigenvalue weighted by Gasteiger charge is 2.12. The van der Waals surface area contributed by atoms with Crippen LogP contribution in [0.3, 0.4) is 0 Å². The van der Waals surface area contributed by atoms with Gasteiger partial charge in [0.05, 0.1) is 12.3 Å². The molecule has 0 atom stereocenters. The van der Waals surface area contributed by atoms with Crippen LogP contribution < -0.4 is 0 Å². The Morgan fingerprint density at radius 2 is 2.20 bits per heavy atom. The minimum atomic E-state index is -0.919. The van der Waals surface area contributed by atoms with Crippen molar-refractivity contribution in [1.82, 2.24) is 20.1 Å². The van der Waals surface area contributed by atoms with Gasteiger partial charge in [0.25, 0.3) is 0 Å². The van der Waals surface area contributed by atoms with Gasteiger partial charge in [0.2, 0.25) is 5.91 Å². The predicted molar refractivity (Wildman–Crippen MR) is 69.9 cm³/mol. The molecule has 20 heavy (non-hydrogen) atoms. The van der Waals surface area contributed by atoms with Gasteiger partial charge in [-0.1, -0.05) is 0 Å². The van der Waals surface area contributed by atoms with E-state index < -0.39 is 11.6 Å². The lowest BCUT2D eigenvalue weighted by Crippen LogP contribution is -2.28. The number of hydrogen-bond donors (Lipinski definition) is 1. The Morgan fingerprint density at radius 3 is 2.85 bits per heavy atom. The molecule has 2 aromatic rings. The molecule has 0 spiro atoms. The van der Waals surface area contributed by atoms with Gasteiger partial charge in [-0.2, -0.15) is 5.10 Å². The molecule has 0 aliphatic carbocycles. The molecule has 0 bridgehead atoms. The van der Waals surface area contributed by atoms with Crippen molar-refractivity contribution in [1.29, 1.82) is 0 Å². The fourth-order valence-corrected chi connectivity index (χ4v) is 2.30. The molecule has 0 saturated carbocycles. The van der Waals surface area contributed by atoms with Crippen molar-refractivity contribution in [2.24, 2.45) is 0 Å². The van der Waals surface area contributed by atoms with Crippen molar-refractivity contribution in [3.05, 3.63) is 42.0 Å². The average molecular weight is 298 g/mol. The molecular weight excluding hydrogens is 286 g/mol. The first kappa shape index (κ1) is 14.4. The molecular formula is C12H12F2N4OS. The van der Waals surface area contributed by atoms with Gasteiger partial charge in [-0.05, 0) is 18.2 Å². The smallest absolute Gasteiger partial charge is 0.233 e.